The fourth-order valence-electron chi connectivity index (χ4n) is 3.11. The fourth-order valence-corrected chi connectivity index (χ4v) is 3.11. The lowest BCUT2D eigenvalue weighted by molar-refractivity contribution is 0.495. The van der Waals surface area contributed by atoms with Gasteiger partial charge in [-0.25, -0.2) is 0 Å². The summed E-state index contributed by atoms with van der Waals surface area (Å²) in [6.07, 6.45) is 0. The molecule has 2 aromatic rings. The van der Waals surface area contributed by atoms with Gasteiger partial charge < -0.3 is 10.3 Å². The molecule has 0 bridgehead atoms. The molecule has 0 radical (unpaired) electrons. The van der Waals surface area contributed by atoms with E-state index in [9.17, 15) is 0 Å². The Labute approximate surface area is 116 Å². The third kappa shape index (κ3) is 2.55. The average Bonchev–Trinajstić information content (AvgIpc) is 2.63. The van der Waals surface area contributed by atoms with Gasteiger partial charge >= 0.3 is 0 Å². The van der Waals surface area contributed by atoms with Gasteiger partial charge in [-0.1, -0.05) is 33.8 Å². The van der Waals surface area contributed by atoms with E-state index < -0.39 is 0 Å². The molecule has 0 aliphatic rings. The first-order chi connectivity index (χ1) is 8.86. The van der Waals surface area contributed by atoms with Crippen LogP contribution < -0.4 is 5.32 Å². The Bertz CT molecular complexity index is 576. The van der Waals surface area contributed by atoms with Gasteiger partial charge in [0, 0.05) is 28.6 Å². The summed E-state index contributed by atoms with van der Waals surface area (Å²) in [6.45, 7) is 12.3. The van der Waals surface area contributed by atoms with E-state index in [0.29, 0.717) is 5.92 Å². The maximum absolute atomic E-state index is 3.53. The number of nitrogens with one attached hydrogen (secondary N) is 2. The van der Waals surface area contributed by atoms with Crippen LogP contribution in [0.5, 0.6) is 0 Å². The number of aromatic amines is 1. The maximum atomic E-state index is 3.53. The van der Waals surface area contributed by atoms with Crippen LogP contribution in [0.2, 0.25) is 0 Å². The molecule has 1 heterocycles. The highest BCUT2D eigenvalue weighted by molar-refractivity contribution is 5.86. The molecule has 0 fully saturated rings. The van der Waals surface area contributed by atoms with Gasteiger partial charge in [-0.05, 0) is 43.1 Å². The molecule has 0 amide bonds. The second-order valence-corrected chi connectivity index (χ2v) is 6.50. The lowest BCUT2D eigenvalue weighted by Crippen LogP contribution is -2.31. The van der Waals surface area contributed by atoms with Crippen molar-refractivity contribution in [2.45, 2.75) is 46.0 Å². The number of benzene rings is 1. The second kappa shape index (κ2) is 5.01. The minimum absolute atomic E-state index is 0.132. The first kappa shape index (κ1) is 14.1. The molecule has 1 aromatic heterocycles. The highest BCUT2D eigenvalue weighted by Gasteiger charge is 2.25. The zero-order valence-electron chi connectivity index (χ0n) is 13.0. The molecule has 0 aliphatic heterocycles. The quantitative estimate of drug-likeness (QED) is 0.849. The van der Waals surface area contributed by atoms with Crippen LogP contribution in [0, 0.1) is 6.92 Å². The average molecular weight is 258 g/mol. The molecule has 0 unspecified atom stereocenters. The van der Waals surface area contributed by atoms with Crippen molar-refractivity contribution in [2.75, 3.05) is 13.6 Å². The van der Waals surface area contributed by atoms with Crippen LogP contribution in [0.1, 0.15) is 50.4 Å². The summed E-state index contributed by atoms with van der Waals surface area (Å²) in [5.74, 6) is 0.569. The van der Waals surface area contributed by atoms with Crippen LogP contribution in [-0.2, 0) is 5.41 Å². The molecule has 19 heavy (non-hydrogen) atoms. The van der Waals surface area contributed by atoms with Gasteiger partial charge in [-0.3, -0.25) is 0 Å². The molecule has 104 valence electrons. The molecule has 1 aromatic carbocycles. The third-order valence-corrected chi connectivity index (χ3v) is 3.97. The summed E-state index contributed by atoms with van der Waals surface area (Å²) < 4.78 is 0. The summed E-state index contributed by atoms with van der Waals surface area (Å²) in [7, 11) is 2.02. The standard InChI is InChI=1S/C17H26N2/c1-11(2)13-7-8-15-14(9-13)16(12(3)19-15)17(4,5)10-18-6/h7-9,11,18-19H,10H2,1-6H3. The second-order valence-electron chi connectivity index (χ2n) is 6.50. The molecule has 0 aliphatic carbocycles. The molecule has 2 rings (SSSR count). The zero-order chi connectivity index (χ0) is 14.2. The molecule has 2 nitrogen and oxygen atoms in total. The van der Waals surface area contributed by atoms with Crippen molar-refractivity contribution in [1.82, 2.24) is 10.3 Å². The summed E-state index contributed by atoms with van der Waals surface area (Å²) in [5.41, 5.74) is 5.52. The fraction of sp³-hybridized carbons (Fsp3) is 0.529. The molecule has 0 saturated carbocycles. The minimum Gasteiger partial charge on any atom is -0.358 e. The summed E-state index contributed by atoms with van der Waals surface area (Å²) >= 11 is 0. The van der Waals surface area contributed by atoms with Crippen molar-refractivity contribution in [1.29, 1.82) is 0 Å². The molecule has 0 saturated heterocycles. The third-order valence-electron chi connectivity index (χ3n) is 3.97. The number of fused-ring (bicyclic) bond motifs is 1. The number of hydrogen-bond donors (Lipinski definition) is 2. The van der Waals surface area contributed by atoms with Crippen molar-refractivity contribution in [3.05, 3.63) is 35.0 Å². The van der Waals surface area contributed by atoms with E-state index in [-0.39, 0.29) is 5.41 Å². The van der Waals surface area contributed by atoms with E-state index in [4.69, 9.17) is 0 Å². The van der Waals surface area contributed by atoms with Crippen LogP contribution in [0.3, 0.4) is 0 Å². The van der Waals surface area contributed by atoms with Gasteiger partial charge in [-0.2, -0.15) is 0 Å². The van der Waals surface area contributed by atoms with Crippen molar-refractivity contribution < 1.29 is 0 Å². The Hall–Kier alpha value is -1.28. The van der Waals surface area contributed by atoms with Gasteiger partial charge in [-0.15, -0.1) is 0 Å². The van der Waals surface area contributed by atoms with Crippen molar-refractivity contribution in [3.63, 3.8) is 0 Å². The Kier molecular flexibility index (Phi) is 3.73. The topological polar surface area (TPSA) is 27.8 Å². The van der Waals surface area contributed by atoms with E-state index in [1.807, 2.05) is 7.05 Å². The zero-order valence-corrected chi connectivity index (χ0v) is 13.0. The SMILES string of the molecule is CNCC(C)(C)c1c(C)[nH]c2ccc(C(C)C)cc12. The van der Waals surface area contributed by atoms with Gasteiger partial charge in [0.1, 0.15) is 0 Å². The first-order valence-electron chi connectivity index (χ1n) is 7.14. The van der Waals surface area contributed by atoms with Gasteiger partial charge in [0.2, 0.25) is 0 Å². The van der Waals surface area contributed by atoms with Crippen LogP contribution >= 0.6 is 0 Å². The molecular formula is C17H26N2. The van der Waals surface area contributed by atoms with Crippen LogP contribution in [-0.4, -0.2) is 18.6 Å². The summed E-state index contributed by atoms with van der Waals surface area (Å²) in [5, 5.41) is 4.69. The van der Waals surface area contributed by atoms with Crippen molar-refractivity contribution >= 4 is 10.9 Å². The van der Waals surface area contributed by atoms with E-state index in [0.717, 1.165) is 6.54 Å². The van der Waals surface area contributed by atoms with E-state index >= 15 is 0 Å². The molecular weight excluding hydrogens is 232 g/mol. The Morgan fingerprint density at radius 1 is 1.26 bits per heavy atom. The lowest BCUT2D eigenvalue weighted by atomic mass is 9.82. The van der Waals surface area contributed by atoms with Gasteiger partial charge in [0.25, 0.3) is 0 Å². The van der Waals surface area contributed by atoms with Crippen molar-refractivity contribution in [2.24, 2.45) is 0 Å². The lowest BCUT2D eigenvalue weighted by Gasteiger charge is -2.25. The van der Waals surface area contributed by atoms with E-state index in [1.54, 1.807) is 0 Å². The highest BCUT2D eigenvalue weighted by Crippen LogP contribution is 2.34. The highest BCUT2D eigenvalue weighted by atomic mass is 14.8. The van der Waals surface area contributed by atoms with Gasteiger partial charge in [0.05, 0.1) is 0 Å². The number of aryl methyl sites for hydroxylation is 1. The predicted molar refractivity (Wildman–Crippen MR) is 84.1 cm³/mol. The largest absolute Gasteiger partial charge is 0.358 e. The van der Waals surface area contributed by atoms with E-state index in [1.165, 1.54) is 27.7 Å². The minimum atomic E-state index is 0.132. The number of H-pyrrole nitrogens is 1. The Morgan fingerprint density at radius 3 is 2.53 bits per heavy atom. The summed E-state index contributed by atoms with van der Waals surface area (Å²) in [4.78, 5) is 3.53. The van der Waals surface area contributed by atoms with Crippen LogP contribution in [0.15, 0.2) is 18.2 Å². The van der Waals surface area contributed by atoms with Crippen LogP contribution in [0.4, 0.5) is 0 Å². The number of likely N-dealkylation sites (N-methyl/N-ethyl adjacent to an activating group) is 1. The summed E-state index contributed by atoms with van der Waals surface area (Å²) in [6, 6.07) is 6.81. The predicted octanol–water partition coefficient (Wildman–Crippen LogP) is 4.10. The van der Waals surface area contributed by atoms with Crippen molar-refractivity contribution in [3.8, 4) is 0 Å². The smallest absolute Gasteiger partial charge is 0.0459 e. The maximum Gasteiger partial charge on any atom is 0.0459 e. The van der Waals surface area contributed by atoms with Crippen LogP contribution in [0.25, 0.3) is 10.9 Å². The monoisotopic (exact) mass is 258 g/mol. The first-order valence-corrected chi connectivity index (χ1v) is 7.14. The normalized spacial score (nSPS) is 12.6. The number of aromatic nitrogens is 1. The molecule has 0 spiro atoms. The number of rotatable bonds is 4. The molecule has 2 N–H and O–H groups in total. The molecule has 0 atom stereocenters. The van der Waals surface area contributed by atoms with E-state index in [2.05, 4.69) is 63.1 Å². The molecule has 2 heteroatoms. The number of hydrogen-bond acceptors (Lipinski definition) is 1. The van der Waals surface area contributed by atoms with Gasteiger partial charge in [0.15, 0.2) is 0 Å². The Balaban J connectivity index is 2.65. The Morgan fingerprint density at radius 2 is 1.95 bits per heavy atom.